The van der Waals surface area contributed by atoms with Gasteiger partial charge in [-0.25, -0.2) is 9.97 Å². The van der Waals surface area contributed by atoms with Gasteiger partial charge in [-0.2, -0.15) is 0 Å². The maximum Gasteiger partial charge on any atom is 0.137 e. The Morgan fingerprint density at radius 1 is 1.33 bits per heavy atom. The molecule has 1 heterocycles. The van der Waals surface area contributed by atoms with Crippen LogP contribution in [0.15, 0.2) is 22.7 Å². The van der Waals surface area contributed by atoms with Crippen LogP contribution < -0.4 is 5.32 Å². The second-order valence-corrected chi connectivity index (χ2v) is 4.23. The predicted molar refractivity (Wildman–Crippen MR) is 66.1 cm³/mol. The molecule has 3 nitrogen and oxygen atoms in total. The first-order valence-corrected chi connectivity index (χ1v) is 5.68. The number of aryl methyl sites for hydroxylation is 1. The summed E-state index contributed by atoms with van der Waals surface area (Å²) in [4.78, 5) is 8.78. The second-order valence-electron chi connectivity index (χ2n) is 3.31. The van der Waals surface area contributed by atoms with Crippen LogP contribution in [0.5, 0.6) is 0 Å². The number of anilines is 1. The first-order valence-electron chi connectivity index (χ1n) is 4.88. The minimum Gasteiger partial charge on any atom is -0.370 e. The highest BCUT2D eigenvalue weighted by atomic mass is 79.9. The van der Waals surface area contributed by atoms with Crippen LogP contribution >= 0.6 is 15.9 Å². The molecule has 78 valence electrons. The molecule has 0 bridgehead atoms. The van der Waals surface area contributed by atoms with Crippen LogP contribution in [-0.2, 0) is 0 Å². The zero-order valence-corrected chi connectivity index (χ0v) is 10.3. The van der Waals surface area contributed by atoms with E-state index in [-0.39, 0.29) is 0 Å². The third kappa shape index (κ3) is 2.09. The van der Waals surface area contributed by atoms with E-state index in [1.807, 2.05) is 25.1 Å². The molecule has 0 saturated carbocycles. The molecule has 1 N–H and O–H groups in total. The Hall–Kier alpha value is -1.16. The Balaban J connectivity index is 2.70. The van der Waals surface area contributed by atoms with Gasteiger partial charge in [0.15, 0.2) is 0 Å². The van der Waals surface area contributed by atoms with Gasteiger partial charge in [-0.15, -0.1) is 0 Å². The summed E-state index contributed by atoms with van der Waals surface area (Å²) in [6, 6.07) is 6.02. The van der Waals surface area contributed by atoms with Crippen molar-refractivity contribution in [3.05, 3.63) is 28.5 Å². The van der Waals surface area contributed by atoms with Gasteiger partial charge in [-0.1, -0.05) is 15.9 Å². The molecule has 2 aromatic rings. The lowest BCUT2D eigenvalue weighted by Crippen LogP contribution is -2.02. The monoisotopic (exact) mass is 265 g/mol. The lowest BCUT2D eigenvalue weighted by atomic mass is 10.2. The summed E-state index contributed by atoms with van der Waals surface area (Å²) < 4.78 is 1.04. The van der Waals surface area contributed by atoms with Gasteiger partial charge >= 0.3 is 0 Å². The van der Waals surface area contributed by atoms with Crippen molar-refractivity contribution in [1.82, 2.24) is 9.97 Å². The molecule has 1 aromatic carbocycles. The molecule has 0 radical (unpaired) electrons. The standard InChI is InChI=1S/C11H12BrN3/c1-3-13-11-9-6-8(12)4-5-10(9)14-7(2)15-11/h4-6H,3H2,1-2H3,(H,13,14,15). The molecule has 0 aliphatic carbocycles. The molecular formula is C11H12BrN3. The zero-order valence-electron chi connectivity index (χ0n) is 8.71. The number of nitrogens with zero attached hydrogens (tertiary/aromatic N) is 2. The number of halogens is 1. The number of nitrogens with one attached hydrogen (secondary N) is 1. The molecule has 4 heteroatoms. The highest BCUT2D eigenvalue weighted by Crippen LogP contribution is 2.23. The van der Waals surface area contributed by atoms with Crippen molar-refractivity contribution < 1.29 is 0 Å². The van der Waals surface area contributed by atoms with E-state index in [4.69, 9.17) is 0 Å². The fraction of sp³-hybridized carbons (Fsp3) is 0.273. The number of hydrogen-bond donors (Lipinski definition) is 1. The average molecular weight is 266 g/mol. The third-order valence-electron chi connectivity index (χ3n) is 2.11. The molecule has 0 amide bonds. The summed E-state index contributed by atoms with van der Waals surface area (Å²) in [6.45, 7) is 4.82. The van der Waals surface area contributed by atoms with E-state index in [0.717, 1.165) is 33.6 Å². The first-order chi connectivity index (χ1) is 7.20. The van der Waals surface area contributed by atoms with E-state index < -0.39 is 0 Å². The molecule has 1 aromatic heterocycles. The van der Waals surface area contributed by atoms with Crippen LogP contribution in [0.25, 0.3) is 10.9 Å². The Morgan fingerprint density at radius 3 is 2.87 bits per heavy atom. The van der Waals surface area contributed by atoms with Gasteiger partial charge in [-0.05, 0) is 32.0 Å². The van der Waals surface area contributed by atoms with Gasteiger partial charge in [0.05, 0.1) is 5.52 Å². The number of aromatic nitrogens is 2. The summed E-state index contributed by atoms with van der Waals surface area (Å²) in [5.74, 6) is 1.70. The molecule has 0 aliphatic rings. The first kappa shape index (κ1) is 10.4. The molecule has 0 atom stereocenters. The second kappa shape index (κ2) is 4.14. The normalized spacial score (nSPS) is 10.6. The van der Waals surface area contributed by atoms with E-state index in [1.165, 1.54) is 0 Å². The van der Waals surface area contributed by atoms with Gasteiger partial charge < -0.3 is 5.32 Å². The summed E-state index contributed by atoms with van der Waals surface area (Å²) >= 11 is 3.45. The molecule has 0 aliphatic heterocycles. The smallest absolute Gasteiger partial charge is 0.137 e. The van der Waals surface area contributed by atoms with Crippen LogP contribution in [0.1, 0.15) is 12.7 Å². The quantitative estimate of drug-likeness (QED) is 0.907. The van der Waals surface area contributed by atoms with Crippen molar-refractivity contribution >= 4 is 32.7 Å². The number of rotatable bonds is 2. The largest absolute Gasteiger partial charge is 0.370 e. The number of hydrogen-bond acceptors (Lipinski definition) is 3. The number of fused-ring (bicyclic) bond motifs is 1. The average Bonchev–Trinajstić information content (AvgIpc) is 2.19. The predicted octanol–water partition coefficient (Wildman–Crippen LogP) is 3.13. The Kier molecular flexibility index (Phi) is 2.86. The van der Waals surface area contributed by atoms with E-state index in [9.17, 15) is 0 Å². The maximum atomic E-state index is 4.39. The van der Waals surface area contributed by atoms with Crippen LogP contribution in [0, 0.1) is 6.92 Å². The fourth-order valence-corrected chi connectivity index (χ4v) is 1.88. The zero-order chi connectivity index (χ0) is 10.8. The van der Waals surface area contributed by atoms with Crippen molar-refractivity contribution in [3.8, 4) is 0 Å². The van der Waals surface area contributed by atoms with Gasteiger partial charge in [-0.3, -0.25) is 0 Å². The Bertz CT molecular complexity index is 496. The van der Waals surface area contributed by atoms with Gasteiger partial charge in [0.1, 0.15) is 11.6 Å². The molecule has 15 heavy (non-hydrogen) atoms. The van der Waals surface area contributed by atoms with E-state index in [2.05, 4.69) is 38.1 Å². The lowest BCUT2D eigenvalue weighted by molar-refractivity contribution is 1.07. The van der Waals surface area contributed by atoms with Crippen molar-refractivity contribution in [2.24, 2.45) is 0 Å². The lowest BCUT2D eigenvalue weighted by Gasteiger charge is -2.07. The van der Waals surface area contributed by atoms with E-state index in [0.29, 0.717) is 0 Å². The van der Waals surface area contributed by atoms with Crippen LogP contribution in [0.3, 0.4) is 0 Å². The maximum absolute atomic E-state index is 4.39. The van der Waals surface area contributed by atoms with Gasteiger partial charge in [0, 0.05) is 16.4 Å². The van der Waals surface area contributed by atoms with Crippen molar-refractivity contribution in [3.63, 3.8) is 0 Å². The molecule has 2 rings (SSSR count). The SMILES string of the molecule is CCNc1nc(C)nc2ccc(Br)cc12. The molecule has 0 saturated heterocycles. The number of benzene rings is 1. The Labute approximate surface area is 97.1 Å². The van der Waals surface area contributed by atoms with E-state index in [1.54, 1.807) is 0 Å². The minimum absolute atomic E-state index is 0.792. The van der Waals surface area contributed by atoms with Gasteiger partial charge in [0.25, 0.3) is 0 Å². The Morgan fingerprint density at radius 2 is 2.13 bits per heavy atom. The minimum atomic E-state index is 0.792. The fourth-order valence-electron chi connectivity index (χ4n) is 1.52. The highest BCUT2D eigenvalue weighted by molar-refractivity contribution is 9.10. The summed E-state index contributed by atoms with van der Waals surface area (Å²) in [7, 11) is 0. The highest BCUT2D eigenvalue weighted by Gasteiger charge is 2.04. The summed E-state index contributed by atoms with van der Waals surface area (Å²) in [6.07, 6.45) is 0. The van der Waals surface area contributed by atoms with E-state index >= 15 is 0 Å². The third-order valence-corrected chi connectivity index (χ3v) is 2.61. The van der Waals surface area contributed by atoms with Crippen molar-refractivity contribution in [2.45, 2.75) is 13.8 Å². The molecule has 0 unspecified atom stereocenters. The molecule has 0 spiro atoms. The summed E-state index contributed by atoms with van der Waals surface area (Å²) in [5.41, 5.74) is 0.974. The topological polar surface area (TPSA) is 37.8 Å². The van der Waals surface area contributed by atoms with Crippen molar-refractivity contribution in [2.75, 3.05) is 11.9 Å². The molecular weight excluding hydrogens is 254 g/mol. The van der Waals surface area contributed by atoms with Crippen LogP contribution in [-0.4, -0.2) is 16.5 Å². The summed E-state index contributed by atoms with van der Waals surface area (Å²) in [5, 5.41) is 4.30. The van der Waals surface area contributed by atoms with Crippen LogP contribution in [0.4, 0.5) is 5.82 Å². The molecule has 0 fully saturated rings. The van der Waals surface area contributed by atoms with Gasteiger partial charge in [0.2, 0.25) is 0 Å². The van der Waals surface area contributed by atoms with Crippen molar-refractivity contribution in [1.29, 1.82) is 0 Å². The van der Waals surface area contributed by atoms with Crippen LogP contribution in [0.2, 0.25) is 0 Å².